The van der Waals surface area contributed by atoms with Crippen molar-refractivity contribution in [2.75, 3.05) is 32.7 Å². The monoisotopic (exact) mass is 370 g/mol. The highest BCUT2D eigenvalue weighted by atomic mass is 79.9. The third-order valence-electron chi connectivity index (χ3n) is 7.21. The van der Waals surface area contributed by atoms with E-state index in [0.717, 1.165) is 45.6 Å². The summed E-state index contributed by atoms with van der Waals surface area (Å²) in [5.74, 6) is 0.425. The smallest absolute Gasteiger partial charge is 0.231 e. The fourth-order valence-electron chi connectivity index (χ4n) is 4.97. The molecule has 1 saturated heterocycles. The van der Waals surface area contributed by atoms with Crippen LogP contribution in [0, 0.1) is 16.2 Å². The quantitative estimate of drug-likeness (QED) is 0.700. The zero-order valence-corrected chi connectivity index (χ0v) is 15.7. The van der Waals surface area contributed by atoms with Gasteiger partial charge in [0.25, 0.3) is 0 Å². The predicted octanol–water partition coefficient (Wildman–Crippen LogP) is 2.31. The number of rotatable bonds is 2. The van der Waals surface area contributed by atoms with E-state index < -0.39 is 5.41 Å². The lowest BCUT2D eigenvalue weighted by molar-refractivity contribution is -0.149. The normalized spacial score (nSPS) is 41.2. The first-order valence-electron chi connectivity index (χ1n) is 8.42. The Hall–Kier alpha value is -0.420. The SMILES string of the molecule is CCN1CCN(C(=O)[C@@]23CC[C@](C)(C(=O)[C@@H]2Br)C3(C)C)CC1. The van der Waals surface area contributed by atoms with E-state index >= 15 is 0 Å². The van der Waals surface area contributed by atoms with Crippen LogP contribution in [0.4, 0.5) is 0 Å². The second-order valence-corrected chi connectivity index (χ2v) is 8.80. The first kappa shape index (κ1) is 16.4. The van der Waals surface area contributed by atoms with Crippen LogP contribution < -0.4 is 0 Å². The van der Waals surface area contributed by atoms with Gasteiger partial charge >= 0.3 is 0 Å². The van der Waals surface area contributed by atoms with Crippen molar-refractivity contribution in [2.24, 2.45) is 16.2 Å². The molecule has 0 aromatic rings. The molecule has 1 aliphatic heterocycles. The summed E-state index contributed by atoms with van der Waals surface area (Å²) in [5, 5.41) is 0. The fourth-order valence-corrected chi connectivity index (χ4v) is 6.48. The van der Waals surface area contributed by atoms with Crippen molar-refractivity contribution in [3.63, 3.8) is 0 Å². The van der Waals surface area contributed by atoms with Gasteiger partial charge in [0.05, 0.1) is 10.2 Å². The highest BCUT2D eigenvalue weighted by Gasteiger charge is 2.77. The van der Waals surface area contributed by atoms with E-state index in [1.54, 1.807) is 0 Å². The van der Waals surface area contributed by atoms with Gasteiger partial charge in [0.1, 0.15) is 0 Å². The van der Waals surface area contributed by atoms with Crippen molar-refractivity contribution in [3.05, 3.63) is 0 Å². The number of hydrogen-bond donors (Lipinski definition) is 0. The van der Waals surface area contributed by atoms with Crippen molar-refractivity contribution in [3.8, 4) is 0 Å². The van der Waals surface area contributed by atoms with Gasteiger partial charge in [-0.1, -0.05) is 43.6 Å². The lowest BCUT2D eigenvalue weighted by atomic mass is 9.64. The van der Waals surface area contributed by atoms with Crippen LogP contribution in [0.25, 0.3) is 0 Å². The molecule has 3 atom stereocenters. The summed E-state index contributed by atoms with van der Waals surface area (Å²) in [7, 11) is 0. The largest absolute Gasteiger partial charge is 0.340 e. The summed E-state index contributed by atoms with van der Waals surface area (Å²) in [5.41, 5.74) is -1.22. The first-order chi connectivity index (χ1) is 10.2. The number of carbonyl (C=O) groups is 2. The molecular formula is C17H27BrN2O2. The Morgan fingerprint density at radius 1 is 1.18 bits per heavy atom. The van der Waals surface area contributed by atoms with Crippen molar-refractivity contribution in [2.45, 2.75) is 45.4 Å². The summed E-state index contributed by atoms with van der Waals surface area (Å²) in [6, 6.07) is 0. The Balaban J connectivity index is 1.90. The van der Waals surface area contributed by atoms with E-state index in [-0.39, 0.29) is 27.3 Å². The van der Waals surface area contributed by atoms with Crippen molar-refractivity contribution >= 4 is 27.6 Å². The number of carbonyl (C=O) groups excluding carboxylic acids is 2. The minimum Gasteiger partial charge on any atom is -0.340 e. The number of alkyl halides is 1. The van der Waals surface area contributed by atoms with Crippen LogP contribution in [0.3, 0.4) is 0 Å². The summed E-state index contributed by atoms with van der Waals surface area (Å²) in [4.78, 5) is 30.2. The number of piperazine rings is 1. The molecule has 2 saturated carbocycles. The number of nitrogens with zero attached hydrogens (tertiary/aromatic N) is 2. The van der Waals surface area contributed by atoms with Gasteiger partial charge in [-0.25, -0.2) is 0 Å². The van der Waals surface area contributed by atoms with Crippen LogP contribution in [0.2, 0.25) is 0 Å². The number of halogens is 1. The van der Waals surface area contributed by atoms with E-state index in [1.807, 2.05) is 4.90 Å². The maximum absolute atomic E-state index is 13.4. The number of ketones is 1. The number of Topliss-reactive ketones (excluding diaryl/α,β-unsaturated/α-hetero) is 1. The highest BCUT2D eigenvalue weighted by molar-refractivity contribution is 9.10. The number of amides is 1. The lowest BCUT2D eigenvalue weighted by Gasteiger charge is -2.45. The number of fused-ring (bicyclic) bond motifs is 2. The maximum atomic E-state index is 13.4. The predicted molar refractivity (Wildman–Crippen MR) is 90.0 cm³/mol. The van der Waals surface area contributed by atoms with Gasteiger partial charge in [-0.15, -0.1) is 0 Å². The van der Waals surface area contributed by atoms with Crippen molar-refractivity contribution in [1.82, 2.24) is 9.80 Å². The Kier molecular flexibility index (Phi) is 3.76. The molecule has 0 unspecified atom stereocenters. The van der Waals surface area contributed by atoms with Gasteiger partial charge in [0.2, 0.25) is 5.91 Å². The highest BCUT2D eigenvalue weighted by Crippen LogP contribution is 2.72. The summed E-state index contributed by atoms with van der Waals surface area (Å²) >= 11 is 3.61. The summed E-state index contributed by atoms with van der Waals surface area (Å²) < 4.78 is 0. The second-order valence-electron chi connectivity index (χ2n) is 7.88. The molecule has 0 N–H and O–H groups in total. The van der Waals surface area contributed by atoms with Crippen molar-refractivity contribution in [1.29, 1.82) is 0 Å². The van der Waals surface area contributed by atoms with Gasteiger partial charge in [-0.2, -0.15) is 0 Å². The van der Waals surface area contributed by atoms with Crippen LogP contribution in [-0.2, 0) is 9.59 Å². The molecule has 0 aromatic carbocycles. The Morgan fingerprint density at radius 3 is 2.23 bits per heavy atom. The average molecular weight is 371 g/mol. The summed E-state index contributed by atoms with van der Waals surface area (Å²) in [6.07, 6.45) is 1.66. The topological polar surface area (TPSA) is 40.6 Å². The zero-order valence-electron chi connectivity index (χ0n) is 14.1. The molecule has 2 aliphatic carbocycles. The molecule has 2 bridgehead atoms. The fraction of sp³-hybridized carbons (Fsp3) is 0.882. The number of likely N-dealkylation sites (N-methyl/N-ethyl adjacent to an activating group) is 1. The van der Waals surface area contributed by atoms with E-state index in [9.17, 15) is 9.59 Å². The van der Waals surface area contributed by atoms with E-state index in [4.69, 9.17) is 0 Å². The average Bonchev–Trinajstić information content (AvgIpc) is 2.79. The van der Waals surface area contributed by atoms with E-state index in [1.165, 1.54) is 0 Å². The third-order valence-corrected chi connectivity index (χ3v) is 8.41. The van der Waals surface area contributed by atoms with E-state index in [0.29, 0.717) is 0 Å². The van der Waals surface area contributed by atoms with Crippen molar-refractivity contribution < 1.29 is 9.59 Å². The minimum atomic E-state index is -0.562. The molecule has 3 rings (SSSR count). The Morgan fingerprint density at radius 2 is 1.77 bits per heavy atom. The first-order valence-corrected chi connectivity index (χ1v) is 9.34. The van der Waals surface area contributed by atoms with Crippen LogP contribution in [0.15, 0.2) is 0 Å². The second kappa shape index (κ2) is 5.04. The van der Waals surface area contributed by atoms with Crippen LogP contribution in [-0.4, -0.2) is 59.0 Å². The Labute approximate surface area is 141 Å². The molecule has 124 valence electrons. The molecule has 4 nitrogen and oxygen atoms in total. The zero-order chi connectivity index (χ0) is 16.3. The molecule has 1 heterocycles. The van der Waals surface area contributed by atoms with Gasteiger partial charge in [0.15, 0.2) is 5.78 Å². The minimum absolute atomic E-state index is 0.199. The Bertz CT molecular complexity index is 513. The maximum Gasteiger partial charge on any atom is 0.231 e. The van der Waals surface area contributed by atoms with Crippen LogP contribution in [0.1, 0.15) is 40.5 Å². The molecule has 0 aromatic heterocycles. The molecule has 0 radical (unpaired) electrons. The lowest BCUT2D eigenvalue weighted by Crippen LogP contribution is -2.57. The van der Waals surface area contributed by atoms with Gasteiger partial charge in [-0.05, 0) is 24.8 Å². The third kappa shape index (κ3) is 1.73. The van der Waals surface area contributed by atoms with Crippen LogP contribution in [0.5, 0.6) is 0 Å². The molecule has 5 heteroatoms. The molecular weight excluding hydrogens is 344 g/mol. The van der Waals surface area contributed by atoms with Gasteiger partial charge in [0, 0.05) is 31.6 Å². The number of hydrogen-bond acceptors (Lipinski definition) is 3. The van der Waals surface area contributed by atoms with Gasteiger partial charge in [-0.3, -0.25) is 9.59 Å². The summed E-state index contributed by atoms with van der Waals surface area (Å²) in [6.45, 7) is 13.0. The van der Waals surface area contributed by atoms with E-state index in [2.05, 4.69) is 48.5 Å². The molecule has 1 amide bonds. The van der Waals surface area contributed by atoms with Crippen LogP contribution >= 0.6 is 15.9 Å². The van der Waals surface area contributed by atoms with Gasteiger partial charge < -0.3 is 9.80 Å². The molecule has 3 fully saturated rings. The molecule has 3 aliphatic rings. The standard InChI is InChI=1S/C17H27BrN2O2/c1-5-19-8-10-20(11-9-19)14(22)17-7-6-16(4,15(17,2)3)13(21)12(17)18/h12H,5-11H2,1-4H3/t12-,16+,17+/m0/s1. The molecule has 0 spiro atoms. The molecule has 22 heavy (non-hydrogen) atoms.